The van der Waals surface area contributed by atoms with E-state index in [4.69, 9.17) is 4.74 Å². The van der Waals surface area contributed by atoms with Crippen molar-refractivity contribution in [1.29, 1.82) is 0 Å². The van der Waals surface area contributed by atoms with Crippen LogP contribution in [-0.4, -0.2) is 6.61 Å². The van der Waals surface area contributed by atoms with Gasteiger partial charge in [-0.15, -0.1) is 0 Å². The van der Waals surface area contributed by atoms with Gasteiger partial charge in [-0.2, -0.15) is 0 Å². The maximum absolute atomic E-state index is 5.88. The fourth-order valence-corrected chi connectivity index (χ4v) is 2.22. The van der Waals surface area contributed by atoms with E-state index in [2.05, 4.69) is 48.0 Å². The molecule has 16 heavy (non-hydrogen) atoms. The summed E-state index contributed by atoms with van der Waals surface area (Å²) in [5.41, 5.74) is 1.30. The molecule has 1 aliphatic carbocycles. The lowest BCUT2D eigenvalue weighted by Gasteiger charge is -2.14. The quantitative estimate of drug-likeness (QED) is 0.757. The van der Waals surface area contributed by atoms with Crippen molar-refractivity contribution in [3.05, 3.63) is 28.2 Å². The Morgan fingerprint density at radius 2 is 2.12 bits per heavy atom. The summed E-state index contributed by atoms with van der Waals surface area (Å²) < 4.78 is 7.01. The van der Waals surface area contributed by atoms with Gasteiger partial charge in [0.25, 0.3) is 0 Å². The monoisotopic (exact) mass is 282 g/mol. The maximum Gasteiger partial charge on any atom is 0.122 e. The average molecular weight is 283 g/mol. The Labute approximate surface area is 106 Å². The van der Waals surface area contributed by atoms with Crippen LogP contribution in [0.5, 0.6) is 5.75 Å². The number of ether oxygens (including phenoxy) is 1. The third kappa shape index (κ3) is 3.24. The van der Waals surface area contributed by atoms with Gasteiger partial charge in [-0.1, -0.05) is 42.6 Å². The van der Waals surface area contributed by atoms with E-state index in [0.29, 0.717) is 5.92 Å². The van der Waals surface area contributed by atoms with Crippen LogP contribution in [0.4, 0.5) is 0 Å². The zero-order chi connectivity index (χ0) is 11.5. The molecule has 0 amide bonds. The number of hydrogen-bond donors (Lipinski definition) is 0. The Balaban J connectivity index is 1.99. The Kier molecular flexibility index (Phi) is 3.91. The highest BCUT2D eigenvalue weighted by atomic mass is 79.9. The number of rotatable bonds is 5. The molecule has 0 bridgehead atoms. The van der Waals surface area contributed by atoms with Crippen LogP contribution in [0.15, 0.2) is 22.7 Å². The molecule has 2 rings (SSSR count). The summed E-state index contributed by atoms with van der Waals surface area (Å²) in [4.78, 5) is 0. The second kappa shape index (κ2) is 5.22. The standard InChI is InChI=1S/C14H19BrO/c1-10(2)13-9-12(15)5-6-14(13)16-8-7-11-3-4-11/h5-6,9-11H,3-4,7-8H2,1-2H3. The molecule has 1 saturated carbocycles. The van der Waals surface area contributed by atoms with Gasteiger partial charge in [-0.05, 0) is 42.0 Å². The van der Waals surface area contributed by atoms with Crippen molar-refractivity contribution in [1.82, 2.24) is 0 Å². The molecular weight excluding hydrogens is 264 g/mol. The fourth-order valence-electron chi connectivity index (χ4n) is 1.84. The van der Waals surface area contributed by atoms with E-state index in [1.165, 1.54) is 24.8 Å². The van der Waals surface area contributed by atoms with E-state index in [1.807, 2.05) is 0 Å². The van der Waals surface area contributed by atoms with Crippen molar-refractivity contribution in [2.24, 2.45) is 5.92 Å². The van der Waals surface area contributed by atoms with E-state index in [0.717, 1.165) is 22.7 Å². The van der Waals surface area contributed by atoms with Crippen molar-refractivity contribution in [3.63, 3.8) is 0 Å². The zero-order valence-electron chi connectivity index (χ0n) is 10.0. The third-order valence-corrected chi connectivity index (χ3v) is 3.57. The Morgan fingerprint density at radius 1 is 1.38 bits per heavy atom. The highest BCUT2D eigenvalue weighted by Crippen LogP contribution is 2.33. The minimum Gasteiger partial charge on any atom is -0.493 e. The Morgan fingerprint density at radius 3 is 2.75 bits per heavy atom. The first-order chi connectivity index (χ1) is 7.66. The molecule has 0 aromatic heterocycles. The third-order valence-electron chi connectivity index (χ3n) is 3.07. The van der Waals surface area contributed by atoms with Crippen LogP contribution in [0.3, 0.4) is 0 Å². The normalized spacial score (nSPS) is 15.5. The van der Waals surface area contributed by atoms with Crippen molar-refractivity contribution in [2.75, 3.05) is 6.61 Å². The zero-order valence-corrected chi connectivity index (χ0v) is 11.6. The summed E-state index contributed by atoms with van der Waals surface area (Å²) in [6, 6.07) is 6.29. The predicted molar refractivity (Wildman–Crippen MR) is 71.1 cm³/mol. The minimum atomic E-state index is 0.508. The second-order valence-electron chi connectivity index (χ2n) is 4.92. The van der Waals surface area contributed by atoms with Gasteiger partial charge in [0.05, 0.1) is 6.61 Å². The topological polar surface area (TPSA) is 9.23 Å². The van der Waals surface area contributed by atoms with Crippen molar-refractivity contribution in [2.45, 2.75) is 39.0 Å². The van der Waals surface area contributed by atoms with E-state index >= 15 is 0 Å². The highest BCUT2D eigenvalue weighted by molar-refractivity contribution is 9.10. The summed E-state index contributed by atoms with van der Waals surface area (Å²) in [7, 11) is 0. The van der Waals surface area contributed by atoms with Crippen LogP contribution in [0, 0.1) is 5.92 Å². The largest absolute Gasteiger partial charge is 0.493 e. The number of hydrogen-bond acceptors (Lipinski definition) is 1. The van der Waals surface area contributed by atoms with Gasteiger partial charge >= 0.3 is 0 Å². The van der Waals surface area contributed by atoms with Gasteiger partial charge in [0, 0.05) is 4.47 Å². The number of halogens is 1. The summed E-state index contributed by atoms with van der Waals surface area (Å²) in [6.45, 7) is 5.27. The highest BCUT2D eigenvalue weighted by Gasteiger charge is 2.21. The van der Waals surface area contributed by atoms with Gasteiger partial charge in [-0.3, -0.25) is 0 Å². The first-order valence-electron chi connectivity index (χ1n) is 6.09. The molecule has 1 aromatic rings. The average Bonchev–Trinajstić information content (AvgIpc) is 3.04. The van der Waals surface area contributed by atoms with Crippen LogP contribution >= 0.6 is 15.9 Å². The first kappa shape index (κ1) is 12.0. The summed E-state index contributed by atoms with van der Waals surface area (Å²) in [5.74, 6) is 2.50. The van der Waals surface area contributed by atoms with Crippen LogP contribution in [-0.2, 0) is 0 Å². The molecule has 1 nitrogen and oxygen atoms in total. The second-order valence-corrected chi connectivity index (χ2v) is 5.83. The van der Waals surface area contributed by atoms with Gasteiger partial charge in [0.2, 0.25) is 0 Å². The predicted octanol–water partition coefficient (Wildman–Crippen LogP) is 4.75. The van der Waals surface area contributed by atoms with Crippen molar-refractivity contribution >= 4 is 15.9 Å². The molecule has 0 atom stereocenters. The maximum atomic E-state index is 5.88. The van der Waals surface area contributed by atoms with E-state index in [-0.39, 0.29) is 0 Å². The molecule has 0 heterocycles. The molecule has 0 spiro atoms. The van der Waals surface area contributed by atoms with Crippen LogP contribution < -0.4 is 4.74 Å². The molecule has 0 radical (unpaired) electrons. The number of benzene rings is 1. The SMILES string of the molecule is CC(C)c1cc(Br)ccc1OCCC1CC1. The molecule has 0 unspecified atom stereocenters. The van der Waals surface area contributed by atoms with Gasteiger partial charge in [0.15, 0.2) is 0 Å². The minimum absolute atomic E-state index is 0.508. The van der Waals surface area contributed by atoms with Crippen LogP contribution in [0.1, 0.15) is 44.6 Å². The van der Waals surface area contributed by atoms with Gasteiger partial charge < -0.3 is 4.74 Å². The molecule has 1 aliphatic rings. The molecule has 88 valence electrons. The fraction of sp³-hybridized carbons (Fsp3) is 0.571. The lowest BCUT2D eigenvalue weighted by Crippen LogP contribution is -2.02. The van der Waals surface area contributed by atoms with E-state index < -0.39 is 0 Å². The lowest BCUT2D eigenvalue weighted by atomic mass is 10.0. The smallest absolute Gasteiger partial charge is 0.122 e. The summed E-state index contributed by atoms with van der Waals surface area (Å²) in [5, 5.41) is 0. The Bertz CT molecular complexity index is 356. The van der Waals surface area contributed by atoms with Crippen molar-refractivity contribution in [3.8, 4) is 5.75 Å². The van der Waals surface area contributed by atoms with Gasteiger partial charge in [-0.25, -0.2) is 0 Å². The Hall–Kier alpha value is -0.500. The van der Waals surface area contributed by atoms with Crippen LogP contribution in [0.2, 0.25) is 0 Å². The molecule has 2 heteroatoms. The molecule has 0 N–H and O–H groups in total. The molecule has 1 fully saturated rings. The molecular formula is C14H19BrO. The van der Waals surface area contributed by atoms with Crippen LogP contribution in [0.25, 0.3) is 0 Å². The summed E-state index contributed by atoms with van der Waals surface area (Å²) >= 11 is 3.51. The van der Waals surface area contributed by atoms with E-state index in [9.17, 15) is 0 Å². The van der Waals surface area contributed by atoms with E-state index in [1.54, 1.807) is 0 Å². The molecule has 1 aromatic carbocycles. The molecule has 0 aliphatic heterocycles. The lowest BCUT2D eigenvalue weighted by molar-refractivity contribution is 0.298. The van der Waals surface area contributed by atoms with Gasteiger partial charge in [0.1, 0.15) is 5.75 Å². The van der Waals surface area contributed by atoms with Crippen molar-refractivity contribution < 1.29 is 4.74 Å². The molecule has 0 saturated heterocycles. The first-order valence-corrected chi connectivity index (χ1v) is 6.88. The summed E-state index contributed by atoms with van der Waals surface area (Å²) in [6.07, 6.45) is 4.02.